The molecule has 25 heavy (non-hydrogen) atoms. The second-order valence-electron chi connectivity index (χ2n) is 6.35. The first-order valence-corrected chi connectivity index (χ1v) is 10.1. The molecule has 0 aromatic heterocycles. The molecular weight excluding hydrogens is 363 g/mol. The van der Waals surface area contributed by atoms with E-state index in [0.29, 0.717) is 10.3 Å². The molecule has 0 amide bonds. The molecule has 0 radical (unpaired) electrons. The van der Waals surface area contributed by atoms with Crippen LogP contribution >= 0.6 is 18.7 Å². The molecule has 0 spiro atoms. The van der Waals surface area contributed by atoms with Crippen molar-refractivity contribution in [2.24, 2.45) is 5.41 Å². The Morgan fingerprint density at radius 3 is 2.32 bits per heavy atom. The van der Waals surface area contributed by atoms with Gasteiger partial charge in [-0.15, -0.1) is 0 Å². The number of halogens is 1. The summed E-state index contributed by atoms with van der Waals surface area (Å²) in [6.45, 7) is 1.71. The lowest BCUT2D eigenvalue weighted by Crippen LogP contribution is -2.46. The van der Waals surface area contributed by atoms with Crippen molar-refractivity contribution >= 4 is 36.0 Å². The van der Waals surface area contributed by atoms with Crippen molar-refractivity contribution < 1.29 is 23.6 Å². The molecule has 0 saturated heterocycles. The van der Waals surface area contributed by atoms with E-state index in [4.69, 9.17) is 21.1 Å². The summed E-state index contributed by atoms with van der Waals surface area (Å²) in [4.78, 5) is 24.9. The van der Waals surface area contributed by atoms with Crippen molar-refractivity contribution in [2.75, 3.05) is 20.4 Å². The Hall–Kier alpha value is -1.84. The third-order valence-electron chi connectivity index (χ3n) is 4.94. The fourth-order valence-corrected chi connectivity index (χ4v) is 7.88. The number of hydrogen-bond donors (Lipinski definition) is 0. The van der Waals surface area contributed by atoms with Gasteiger partial charge in [0.05, 0.1) is 31.0 Å². The van der Waals surface area contributed by atoms with Gasteiger partial charge in [0.25, 0.3) is 0 Å². The summed E-state index contributed by atoms with van der Waals surface area (Å²) in [5.41, 5.74) is -1.63. The number of ether oxygens (including phenoxy) is 2. The second-order valence-corrected chi connectivity index (χ2v) is 9.74. The van der Waals surface area contributed by atoms with Crippen molar-refractivity contribution in [3.63, 3.8) is 0 Å². The van der Waals surface area contributed by atoms with Crippen LogP contribution in [-0.2, 0) is 23.6 Å². The summed E-state index contributed by atoms with van der Waals surface area (Å²) in [5.74, 6) is -1.34. The molecule has 3 atom stereocenters. The highest BCUT2D eigenvalue weighted by Gasteiger charge is 2.59. The molecule has 0 saturated carbocycles. The maximum absolute atomic E-state index is 14.0. The van der Waals surface area contributed by atoms with Gasteiger partial charge in [-0.1, -0.05) is 48.0 Å². The number of hydrogen-bond acceptors (Lipinski definition) is 5. The molecule has 4 rings (SSSR count). The molecule has 2 heterocycles. The number of allylic oxidation sites excluding steroid dienone is 2. The minimum absolute atomic E-state index is 0.0830. The molecule has 2 bridgehead atoms. The number of carbonyl (C=O) groups excluding carboxylic acids is 2. The molecule has 2 aliphatic heterocycles. The van der Waals surface area contributed by atoms with Crippen molar-refractivity contribution in [3.8, 4) is 0 Å². The molecule has 3 unspecified atom stereocenters. The van der Waals surface area contributed by atoms with Crippen LogP contribution in [0.1, 0.15) is 6.92 Å². The van der Waals surface area contributed by atoms with E-state index in [0.717, 1.165) is 0 Å². The molecule has 5 nitrogen and oxygen atoms in total. The quantitative estimate of drug-likeness (QED) is 0.595. The van der Waals surface area contributed by atoms with Gasteiger partial charge < -0.3 is 14.0 Å². The summed E-state index contributed by atoms with van der Waals surface area (Å²) in [5, 5.41) is 1.05. The predicted octanol–water partition coefficient (Wildman–Crippen LogP) is 2.84. The standard InChI is InChI=1S/C18H18ClO5P/c1-18-10-25(22,11-7-5-4-6-8-11)12(9-13(18)19)14(16(20)23-2)15(18)17(21)24-3/h4-9,12H,10H2,1-3H3. The van der Waals surface area contributed by atoms with Crippen LogP contribution in [0.2, 0.25) is 0 Å². The minimum Gasteiger partial charge on any atom is -0.466 e. The molecule has 1 aromatic carbocycles. The second kappa shape index (κ2) is 6.15. The zero-order chi connectivity index (χ0) is 18.4. The zero-order valence-electron chi connectivity index (χ0n) is 14.1. The molecule has 1 aliphatic carbocycles. The van der Waals surface area contributed by atoms with Crippen molar-refractivity contribution in [2.45, 2.75) is 12.6 Å². The third kappa shape index (κ3) is 2.49. The van der Waals surface area contributed by atoms with Gasteiger partial charge in [0, 0.05) is 21.9 Å². The van der Waals surface area contributed by atoms with Crippen molar-refractivity contribution in [1.29, 1.82) is 0 Å². The molecular formula is C18H18ClO5P. The van der Waals surface area contributed by atoms with Crippen LogP contribution in [0.15, 0.2) is 52.6 Å². The van der Waals surface area contributed by atoms with Crippen LogP contribution in [0.4, 0.5) is 0 Å². The molecule has 0 N–H and O–H groups in total. The van der Waals surface area contributed by atoms with Crippen LogP contribution in [0.25, 0.3) is 0 Å². The summed E-state index contributed by atoms with van der Waals surface area (Å²) >= 11 is 6.42. The van der Waals surface area contributed by atoms with Crippen LogP contribution in [0, 0.1) is 5.41 Å². The van der Waals surface area contributed by atoms with Crippen LogP contribution in [0.5, 0.6) is 0 Å². The SMILES string of the molecule is COC(=O)C1=C(C(=O)OC)C2(C)CP(=O)(c3ccccc3)C1C=C2Cl. The Bertz CT molecular complexity index is 857. The highest BCUT2D eigenvalue weighted by Crippen LogP contribution is 2.68. The maximum atomic E-state index is 14.0. The van der Waals surface area contributed by atoms with E-state index in [1.165, 1.54) is 14.2 Å². The van der Waals surface area contributed by atoms with E-state index in [9.17, 15) is 14.2 Å². The molecule has 3 aliphatic rings. The Morgan fingerprint density at radius 1 is 1.16 bits per heavy atom. The average Bonchev–Trinajstić information content (AvgIpc) is 2.62. The maximum Gasteiger partial charge on any atom is 0.335 e. The summed E-state index contributed by atoms with van der Waals surface area (Å²) < 4.78 is 23.7. The van der Waals surface area contributed by atoms with E-state index >= 15 is 0 Å². The number of esters is 2. The summed E-state index contributed by atoms with van der Waals surface area (Å²) in [7, 11) is -0.597. The highest BCUT2D eigenvalue weighted by molar-refractivity contribution is 7.73. The third-order valence-corrected chi connectivity index (χ3v) is 9.06. The van der Waals surface area contributed by atoms with Crippen molar-refractivity contribution in [1.82, 2.24) is 0 Å². The Balaban J connectivity index is 2.31. The zero-order valence-corrected chi connectivity index (χ0v) is 15.8. The smallest absolute Gasteiger partial charge is 0.335 e. The molecule has 0 fully saturated rings. The van der Waals surface area contributed by atoms with Gasteiger partial charge in [0.15, 0.2) is 0 Å². The van der Waals surface area contributed by atoms with E-state index in [2.05, 4.69) is 0 Å². The first-order valence-electron chi connectivity index (χ1n) is 7.73. The van der Waals surface area contributed by atoms with Crippen LogP contribution in [-0.4, -0.2) is 38.0 Å². The van der Waals surface area contributed by atoms with Gasteiger partial charge >= 0.3 is 11.9 Å². The first kappa shape index (κ1) is 18.0. The number of methoxy groups -OCH3 is 2. The lowest BCUT2D eigenvalue weighted by Gasteiger charge is -2.47. The van der Waals surface area contributed by atoms with E-state index in [-0.39, 0.29) is 17.3 Å². The lowest BCUT2D eigenvalue weighted by molar-refractivity contribution is -0.140. The fraction of sp³-hybridized carbons (Fsp3) is 0.333. The van der Waals surface area contributed by atoms with E-state index < -0.39 is 30.2 Å². The number of benzene rings is 1. The Morgan fingerprint density at radius 2 is 1.76 bits per heavy atom. The number of fused-ring (bicyclic) bond motifs is 1. The number of rotatable bonds is 3. The molecule has 132 valence electrons. The average molecular weight is 381 g/mol. The summed E-state index contributed by atoms with van der Waals surface area (Å²) in [6.07, 6.45) is 1.78. The van der Waals surface area contributed by atoms with Crippen LogP contribution in [0.3, 0.4) is 0 Å². The Kier molecular flexibility index (Phi) is 4.42. The largest absolute Gasteiger partial charge is 0.466 e. The number of carbonyl (C=O) groups is 2. The van der Waals surface area contributed by atoms with Gasteiger partial charge in [-0.3, -0.25) is 0 Å². The van der Waals surface area contributed by atoms with E-state index in [1.54, 1.807) is 37.3 Å². The molecule has 1 aromatic rings. The lowest BCUT2D eigenvalue weighted by atomic mass is 9.75. The summed E-state index contributed by atoms with van der Waals surface area (Å²) in [6, 6.07) is 8.99. The fourth-order valence-electron chi connectivity index (χ4n) is 3.72. The highest BCUT2D eigenvalue weighted by atomic mass is 35.5. The first-order chi connectivity index (χ1) is 11.8. The minimum atomic E-state index is -3.07. The Labute approximate surface area is 151 Å². The molecule has 7 heteroatoms. The van der Waals surface area contributed by atoms with E-state index in [1.807, 2.05) is 6.07 Å². The normalized spacial score (nSPS) is 30.7. The van der Waals surface area contributed by atoms with Gasteiger partial charge in [0.2, 0.25) is 0 Å². The monoisotopic (exact) mass is 380 g/mol. The van der Waals surface area contributed by atoms with Gasteiger partial charge in [-0.2, -0.15) is 0 Å². The van der Waals surface area contributed by atoms with Gasteiger partial charge in [-0.25, -0.2) is 9.59 Å². The predicted molar refractivity (Wildman–Crippen MR) is 95.4 cm³/mol. The van der Waals surface area contributed by atoms with Gasteiger partial charge in [-0.05, 0) is 6.92 Å². The van der Waals surface area contributed by atoms with Gasteiger partial charge in [0.1, 0.15) is 7.14 Å². The topological polar surface area (TPSA) is 69.7 Å². The van der Waals surface area contributed by atoms with Crippen LogP contribution < -0.4 is 5.30 Å². The van der Waals surface area contributed by atoms with Crippen molar-refractivity contribution in [3.05, 3.63) is 52.6 Å².